The first kappa shape index (κ1) is 31.1. The third kappa shape index (κ3) is 8.70. The molecule has 8 heteroatoms. The molecule has 0 radical (unpaired) electrons. The molecule has 2 heterocycles. The van der Waals surface area contributed by atoms with Gasteiger partial charge in [-0.2, -0.15) is 0 Å². The van der Waals surface area contributed by atoms with Crippen molar-refractivity contribution in [1.29, 1.82) is 0 Å². The van der Waals surface area contributed by atoms with Crippen molar-refractivity contribution in [3.05, 3.63) is 70.8 Å². The Morgan fingerprint density at radius 2 is 0.944 bits per heavy atom. The number of carbonyl (C=O) groups is 4. The van der Waals surface area contributed by atoms with E-state index in [4.69, 9.17) is 0 Å². The zero-order valence-corrected chi connectivity index (χ0v) is 25.8. The number of hydrogen-bond acceptors (Lipinski definition) is 4. The molecule has 0 saturated carbocycles. The fraction of sp³-hybridized carbons (Fsp3) is 0.429. The summed E-state index contributed by atoms with van der Waals surface area (Å²) in [5.41, 5.74) is 2.06. The van der Waals surface area contributed by atoms with E-state index in [1.165, 1.54) is 56.3 Å². The van der Waals surface area contributed by atoms with Gasteiger partial charge < -0.3 is 1.43 Å². The number of nitrogens with one attached hydrogen (secondary N) is 1. The number of hydrogen-bond donors (Lipinski definition) is 1. The van der Waals surface area contributed by atoms with E-state index in [0.717, 1.165) is 18.2 Å². The molecule has 1 N–H and O–H groups in total. The molecule has 4 rings (SSSR count). The molecular weight excluding hydrogens is 547 g/mol. The minimum atomic E-state index is -0.300. The van der Waals surface area contributed by atoms with Gasteiger partial charge in [0, 0.05) is 11.9 Å². The monoisotopic (exact) mass is 580 g/mol. The molecule has 2 aromatic rings. The summed E-state index contributed by atoms with van der Waals surface area (Å²) in [6.07, 6.45) is 12.4. The van der Waals surface area contributed by atoms with E-state index in [-0.39, 0.29) is 76.4 Å². The third-order valence-electron chi connectivity index (χ3n) is 6.29. The zero-order chi connectivity index (χ0) is 25.0. The van der Waals surface area contributed by atoms with E-state index in [1.54, 1.807) is 36.4 Å². The molecule has 4 amide bonds. The summed E-state index contributed by atoms with van der Waals surface area (Å²) in [6.45, 7) is 0.554. The van der Waals surface area contributed by atoms with Gasteiger partial charge in [-0.1, -0.05) is 91.6 Å². The summed E-state index contributed by atoms with van der Waals surface area (Å²) in [4.78, 5) is 47.7. The topological polar surface area (TPSA) is 83.5 Å². The van der Waals surface area contributed by atoms with Gasteiger partial charge in [0.05, 0.1) is 22.3 Å². The predicted octanol–water partition coefficient (Wildman–Crippen LogP) is 3.27. The number of amides is 4. The van der Waals surface area contributed by atoms with Crippen LogP contribution in [0.4, 0.5) is 0 Å². The van der Waals surface area contributed by atoms with E-state index in [0.29, 0.717) is 28.8 Å². The van der Waals surface area contributed by atoms with Crippen molar-refractivity contribution in [2.24, 2.45) is 0 Å². The van der Waals surface area contributed by atoms with Gasteiger partial charge >= 0.3 is 51.4 Å². The van der Waals surface area contributed by atoms with Crippen LogP contribution in [0.3, 0.4) is 0 Å². The summed E-state index contributed by atoms with van der Waals surface area (Å²) in [5, 5.41) is 3.33. The quantitative estimate of drug-likeness (QED) is 0.181. The van der Waals surface area contributed by atoms with Crippen molar-refractivity contribution in [2.45, 2.75) is 64.2 Å². The fourth-order valence-electron chi connectivity index (χ4n) is 4.34. The van der Waals surface area contributed by atoms with Crippen molar-refractivity contribution in [2.75, 3.05) is 11.9 Å². The van der Waals surface area contributed by atoms with Crippen LogP contribution in [0.1, 0.15) is 107 Å². The third-order valence-corrected chi connectivity index (χ3v) is 6.85. The fourth-order valence-corrected chi connectivity index (χ4v) is 4.73. The standard InChI is InChI=1S/C20H28BrNO2.C8H5NO2.K.H/c21-15-11-7-5-3-1-2-4-6-8-12-16-22-19(23)17-13-9-10-14-18(17)20(22)24;10-7-5-3-1-2-4-6(5)8(11)9-7;;/h9-10,13-14H,1-8,11-12,15-16H2;1-4H,(H,9,10,11);;/q;;+1;-1. The molecule has 0 aromatic heterocycles. The van der Waals surface area contributed by atoms with Gasteiger partial charge in [-0.15, -0.1) is 0 Å². The Hall–Kier alpha value is -1.16. The number of imide groups is 2. The summed E-state index contributed by atoms with van der Waals surface area (Å²) < 4.78 is 0. The largest absolute Gasteiger partial charge is 1.00 e. The summed E-state index contributed by atoms with van der Waals surface area (Å²) >= 11 is 3.46. The van der Waals surface area contributed by atoms with Crippen molar-refractivity contribution < 1.29 is 72.0 Å². The Kier molecular flexibility index (Phi) is 14.3. The first-order valence-electron chi connectivity index (χ1n) is 12.5. The number of halogens is 1. The first-order valence-corrected chi connectivity index (χ1v) is 13.6. The van der Waals surface area contributed by atoms with Crippen LogP contribution >= 0.6 is 15.9 Å². The molecule has 0 spiro atoms. The van der Waals surface area contributed by atoms with Crippen LogP contribution in [0, 0.1) is 0 Å². The molecule has 188 valence electrons. The second-order valence-electron chi connectivity index (χ2n) is 8.86. The number of nitrogens with zero attached hydrogens (tertiary/aromatic N) is 1. The van der Waals surface area contributed by atoms with Crippen LogP contribution in [-0.2, 0) is 0 Å². The summed E-state index contributed by atoms with van der Waals surface area (Å²) in [5.74, 6) is -0.852. The van der Waals surface area contributed by atoms with E-state index >= 15 is 0 Å². The summed E-state index contributed by atoms with van der Waals surface area (Å²) in [7, 11) is 0. The molecule has 2 aliphatic heterocycles. The SMILES string of the molecule is O=C1NC(=O)c2ccccc21.O=C1c2ccccc2C(=O)N1CCCCCCCCCCCCBr.[H-].[K+]. The molecule has 0 unspecified atom stereocenters. The van der Waals surface area contributed by atoms with E-state index in [1.807, 2.05) is 12.1 Å². The van der Waals surface area contributed by atoms with E-state index in [2.05, 4.69) is 21.2 Å². The van der Waals surface area contributed by atoms with Crippen molar-refractivity contribution in [1.82, 2.24) is 10.2 Å². The van der Waals surface area contributed by atoms with E-state index < -0.39 is 0 Å². The molecule has 36 heavy (non-hydrogen) atoms. The van der Waals surface area contributed by atoms with Crippen LogP contribution in [0.2, 0.25) is 0 Å². The average Bonchev–Trinajstić information content (AvgIpc) is 3.30. The molecule has 0 aliphatic carbocycles. The van der Waals surface area contributed by atoms with Gasteiger partial charge in [0.25, 0.3) is 23.6 Å². The number of unbranched alkanes of at least 4 members (excludes halogenated alkanes) is 9. The van der Waals surface area contributed by atoms with Crippen molar-refractivity contribution in [3.8, 4) is 0 Å². The number of benzene rings is 2. The Bertz CT molecular complexity index is 998. The van der Waals surface area contributed by atoms with Gasteiger partial charge in [0.2, 0.25) is 0 Å². The molecule has 0 saturated heterocycles. The molecular formula is C28H34BrKN2O4. The molecule has 0 atom stereocenters. The second kappa shape index (κ2) is 16.6. The molecule has 0 bridgehead atoms. The molecule has 0 fully saturated rings. The van der Waals surface area contributed by atoms with Crippen LogP contribution < -0.4 is 56.7 Å². The Labute approximate surface area is 266 Å². The average molecular weight is 582 g/mol. The normalized spacial score (nSPS) is 13.5. The van der Waals surface area contributed by atoms with Gasteiger partial charge in [-0.25, -0.2) is 0 Å². The maximum atomic E-state index is 12.2. The maximum absolute atomic E-state index is 12.2. The van der Waals surface area contributed by atoms with Crippen LogP contribution in [0.15, 0.2) is 48.5 Å². The minimum Gasteiger partial charge on any atom is -1.00 e. The molecule has 2 aromatic carbocycles. The Morgan fingerprint density at radius 1 is 0.583 bits per heavy atom. The van der Waals surface area contributed by atoms with Gasteiger partial charge in [0.1, 0.15) is 0 Å². The number of alkyl halides is 1. The van der Waals surface area contributed by atoms with Crippen molar-refractivity contribution >= 4 is 39.6 Å². The van der Waals surface area contributed by atoms with Gasteiger partial charge in [-0.3, -0.25) is 29.4 Å². The smallest absolute Gasteiger partial charge is 1.00 e. The zero-order valence-electron chi connectivity index (χ0n) is 22.1. The van der Waals surface area contributed by atoms with E-state index in [9.17, 15) is 19.2 Å². The maximum Gasteiger partial charge on any atom is 1.00 e. The number of fused-ring (bicyclic) bond motifs is 2. The molecule has 6 nitrogen and oxygen atoms in total. The number of carbonyl (C=O) groups excluding carboxylic acids is 4. The predicted molar refractivity (Wildman–Crippen MR) is 141 cm³/mol. The van der Waals surface area contributed by atoms with Gasteiger partial charge in [-0.05, 0) is 37.1 Å². The Balaban J connectivity index is 0.000000441. The van der Waals surface area contributed by atoms with Crippen molar-refractivity contribution in [3.63, 3.8) is 0 Å². The molecule has 2 aliphatic rings. The Morgan fingerprint density at radius 3 is 1.36 bits per heavy atom. The minimum absolute atomic E-state index is 0. The first-order chi connectivity index (χ1) is 17.0. The second-order valence-corrected chi connectivity index (χ2v) is 9.65. The van der Waals surface area contributed by atoms with Gasteiger partial charge in [0.15, 0.2) is 0 Å². The van der Waals surface area contributed by atoms with Crippen LogP contribution in [0.5, 0.6) is 0 Å². The summed E-state index contributed by atoms with van der Waals surface area (Å²) in [6, 6.07) is 13.8. The van der Waals surface area contributed by atoms with Crippen LogP contribution in [-0.4, -0.2) is 40.4 Å². The van der Waals surface area contributed by atoms with Crippen LogP contribution in [0.25, 0.3) is 0 Å². The number of rotatable bonds is 12.